The Morgan fingerprint density at radius 2 is 1.88 bits per heavy atom. The molecule has 0 radical (unpaired) electrons. The summed E-state index contributed by atoms with van der Waals surface area (Å²) in [6.45, 7) is 1.84. The van der Waals surface area contributed by atoms with Crippen LogP contribution in [0, 0.1) is 10.5 Å². The predicted octanol–water partition coefficient (Wildman–Crippen LogP) is 4.92. The van der Waals surface area contributed by atoms with E-state index in [2.05, 4.69) is 38.4 Å². The van der Waals surface area contributed by atoms with Gasteiger partial charge in [-0.15, -0.1) is 0 Å². The van der Waals surface area contributed by atoms with Gasteiger partial charge in [0.05, 0.1) is 12.8 Å². The zero-order valence-corrected chi connectivity index (χ0v) is 19.9. The lowest BCUT2D eigenvalue weighted by Crippen LogP contribution is -2.22. The van der Waals surface area contributed by atoms with Crippen molar-refractivity contribution in [2.75, 3.05) is 12.4 Å². The summed E-state index contributed by atoms with van der Waals surface area (Å²) in [7, 11) is 1.55. The molecule has 0 unspecified atom stereocenters. The molecule has 0 spiro atoms. The van der Waals surface area contributed by atoms with E-state index >= 15 is 0 Å². The first-order chi connectivity index (χ1) is 15.5. The quantitative estimate of drug-likeness (QED) is 0.353. The molecule has 0 saturated carbocycles. The van der Waals surface area contributed by atoms with Crippen molar-refractivity contribution in [3.63, 3.8) is 0 Å². The molecular formula is C24H22IN3O4. The molecule has 32 heavy (non-hydrogen) atoms. The summed E-state index contributed by atoms with van der Waals surface area (Å²) >= 11 is 2.21. The molecule has 164 valence electrons. The largest absolute Gasteiger partial charge is 0.497 e. The average molecular weight is 543 g/mol. The number of benzene rings is 2. The molecule has 3 aromatic rings. The molecular weight excluding hydrogens is 521 g/mol. The Morgan fingerprint density at radius 1 is 1.09 bits per heavy atom. The molecule has 2 aromatic carbocycles. The SMILES string of the molecule is COc1cccc(C(=O)N/N=C2\CCCc3oc(C(=O)Nc4ccc(I)cc4)c(C)c32)c1. The number of halogens is 1. The maximum Gasteiger partial charge on any atom is 0.291 e. The molecule has 2 amide bonds. The van der Waals surface area contributed by atoms with Gasteiger partial charge in [0.15, 0.2) is 5.76 Å². The van der Waals surface area contributed by atoms with Gasteiger partial charge < -0.3 is 14.5 Å². The van der Waals surface area contributed by atoms with Crippen molar-refractivity contribution in [3.05, 3.63) is 80.3 Å². The number of carbonyl (C=O) groups is 2. The lowest BCUT2D eigenvalue weighted by Gasteiger charge is -2.13. The van der Waals surface area contributed by atoms with Gasteiger partial charge in [0, 0.05) is 32.4 Å². The standard InChI is InChI=1S/C24H22IN3O4/c1-14-21-19(27-28-23(29)15-5-3-6-18(13-15)31-2)7-4-8-20(21)32-22(14)24(30)26-17-11-9-16(25)10-12-17/h3,5-6,9-13H,4,7-8H2,1-2H3,(H,26,30)(H,28,29)/b27-19+. The van der Waals surface area contributed by atoms with Crippen molar-refractivity contribution in [2.45, 2.75) is 26.2 Å². The maximum absolute atomic E-state index is 12.8. The van der Waals surface area contributed by atoms with Gasteiger partial charge in [-0.3, -0.25) is 9.59 Å². The molecule has 0 saturated heterocycles. The highest BCUT2D eigenvalue weighted by atomic mass is 127. The van der Waals surface area contributed by atoms with Crippen LogP contribution >= 0.6 is 22.6 Å². The van der Waals surface area contributed by atoms with Crippen molar-refractivity contribution >= 4 is 45.8 Å². The lowest BCUT2D eigenvalue weighted by atomic mass is 9.93. The van der Waals surface area contributed by atoms with Crippen LogP contribution in [0.1, 0.15) is 50.6 Å². The van der Waals surface area contributed by atoms with Crippen molar-refractivity contribution in [1.82, 2.24) is 5.43 Å². The van der Waals surface area contributed by atoms with Gasteiger partial charge in [-0.2, -0.15) is 5.10 Å². The zero-order valence-electron chi connectivity index (χ0n) is 17.7. The smallest absolute Gasteiger partial charge is 0.291 e. The highest BCUT2D eigenvalue weighted by Gasteiger charge is 2.28. The summed E-state index contributed by atoms with van der Waals surface area (Å²) in [6, 6.07) is 14.4. The molecule has 0 bridgehead atoms. The Bertz CT molecular complexity index is 1200. The minimum atomic E-state index is -0.332. The summed E-state index contributed by atoms with van der Waals surface area (Å²) in [6.07, 6.45) is 2.23. The molecule has 0 aliphatic heterocycles. The summed E-state index contributed by atoms with van der Waals surface area (Å²) in [5, 5.41) is 7.24. The van der Waals surface area contributed by atoms with Gasteiger partial charge >= 0.3 is 0 Å². The third-order valence-corrected chi connectivity index (χ3v) is 5.98. The Kier molecular flexibility index (Phi) is 6.59. The third kappa shape index (κ3) is 4.69. The molecule has 4 rings (SSSR count). The number of anilines is 1. The number of amides is 2. The van der Waals surface area contributed by atoms with Crippen molar-refractivity contribution in [2.24, 2.45) is 5.10 Å². The van der Waals surface area contributed by atoms with E-state index < -0.39 is 0 Å². The van der Waals surface area contributed by atoms with E-state index in [4.69, 9.17) is 9.15 Å². The number of methoxy groups -OCH3 is 1. The van der Waals surface area contributed by atoms with Gasteiger partial charge in [-0.25, -0.2) is 5.43 Å². The minimum absolute atomic E-state index is 0.266. The second-order valence-corrected chi connectivity index (χ2v) is 8.65. The third-order valence-electron chi connectivity index (χ3n) is 5.26. The fourth-order valence-corrected chi connectivity index (χ4v) is 4.02. The molecule has 2 N–H and O–H groups in total. The number of hydrogen-bond acceptors (Lipinski definition) is 5. The first kappa shape index (κ1) is 22.1. The van der Waals surface area contributed by atoms with Gasteiger partial charge in [-0.1, -0.05) is 6.07 Å². The van der Waals surface area contributed by atoms with E-state index in [0.717, 1.165) is 33.3 Å². The number of ether oxygens (including phenoxy) is 1. The fraction of sp³-hybridized carbons (Fsp3) is 0.208. The first-order valence-corrected chi connectivity index (χ1v) is 11.2. The Hall–Kier alpha value is -3.14. The normalized spacial score (nSPS) is 14.0. The van der Waals surface area contributed by atoms with Gasteiger partial charge in [-0.05, 0) is 84.8 Å². The minimum Gasteiger partial charge on any atom is -0.497 e. The topological polar surface area (TPSA) is 92.9 Å². The number of fused-ring (bicyclic) bond motifs is 1. The summed E-state index contributed by atoms with van der Waals surface area (Å²) in [5.41, 5.74) is 6.00. The van der Waals surface area contributed by atoms with Gasteiger partial charge in [0.1, 0.15) is 11.5 Å². The molecule has 1 aliphatic carbocycles. The van der Waals surface area contributed by atoms with Crippen molar-refractivity contribution in [3.8, 4) is 5.75 Å². The number of rotatable bonds is 5. The van der Waals surface area contributed by atoms with Crippen molar-refractivity contribution in [1.29, 1.82) is 0 Å². The van der Waals surface area contributed by atoms with E-state index in [1.54, 1.807) is 31.4 Å². The number of nitrogens with one attached hydrogen (secondary N) is 2. The Morgan fingerprint density at radius 3 is 2.62 bits per heavy atom. The van der Waals surface area contributed by atoms with Crippen LogP contribution in [-0.2, 0) is 6.42 Å². The molecule has 1 heterocycles. The van der Waals surface area contributed by atoms with Crippen LogP contribution in [0.25, 0.3) is 0 Å². The molecule has 1 aliphatic rings. The van der Waals surface area contributed by atoms with Crippen LogP contribution < -0.4 is 15.5 Å². The number of hydrogen-bond donors (Lipinski definition) is 2. The maximum atomic E-state index is 12.8. The van der Waals surface area contributed by atoms with Crippen molar-refractivity contribution < 1.29 is 18.7 Å². The Labute approximate surface area is 199 Å². The Balaban J connectivity index is 1.55. The highest BCUT2D eigenvalue weighted by Crippen LogP contribution is 2.30. The van der Waals surface area contributed by atoms with Gasteiger partial charge in [0.2, 0.25) is 0 Å². The van der Waals surface area contributed by atoms with Gasteiger partial charge in [0.25, 0.3) is 11.8 Å². The predicted molar refractivity (Wildman–Crippen MR) is 130 cm³/mol. The summed E-state index contributed by atoms with van der Waals surface area (Å²) < 4.78 is 12.2. The summed E-state index contributed by atoms with van der Waals surface area (Å²) in [4.78, 5) is 25.4. The highest BCUT2D eigenvalue weighted by molar-refractivity contribution is 14.1. The molecule has 8 heteroatoms. The van der Waals surface area contributed by atoms with E-state index in [0.29, 0.717) is 29.1 Å². The number of aryl methyl sites for hydroxylation is 1. The second-order valence-electron chi connectivity index (χ2n) is 7.40. The lowest BCUT2D eigenvalue weighted by molar-refractivity contribution is 0.0953. The first-order valence-electron chi connectivity index (χ1n) is 10.2. The van der Waals surface area contributed by atoms with Crippen LogP contribution in [0.15, 0.2) is 58.0 Å². The number of furan rings is 1. The number of nitrogens with zero attached hydrogens (tertiary/aromatic N) is 1. The van der Waals surface area contributed by atoms with E-state index in [1.165, 1.54) is 0 Å². The zero-order chi connectivity index (χ0) is 22.7. The average Bonchev–Trinajstić information content (AvgIpc) is 3.16. The monoisotopic (exact) mass is 543 g/mol. The van der Waals surface area contributed by atoms with Crippen LogP contribution in [-0.4, -0.2) is 24.6 Å². The number of carbonyl (C=O) groups excluding carboxylic acids is 2. The van der Waals surface area contributed by atoms with Crippen LogP contribution in [0.3, 0.4) is 0 Å². The van der Waals surface area contributed by atoms with E-state index in [9.17, 15) is 9.59 Å². The van der Waals surface area contributed by atoms with E-state index in [1.807, 2.05) is 31.2 Å². The molecule has 1 aromatic heterocycles. The molecule has 7 nitrogen and oxygen atoms in total. The van der Waals surface area contributed by atoms with E-state index in [-0.39, 0.29) is 17.6 Å². The number of hydrazone groups is 1. The van der Waals surface area contributed by atoms with Crippen LogP contribution in [0.2, 0.25) is 0 Å². The fourth-order valence-electron chi connectivity index (χ4n) is 3.66. The summed E-state index contributed by atoms with van der Waals surface area (Å²) in [5.74, 6) is 0.942. The molecule has 0 atom stereocenters. The second kappa shape index (κ2) is 9.56. The molecule has 0 fully saturated rings. The van der Waals surface area contributed by atoms with Crippen LogP contribution in [0.5, 0.6) is 5.75 Å². The van der Waals surface area contributed by atoms with Crippen LogP contribution in [0.4, 0.5) is 5.69 Å².